The van der Waals surface area contributed by atoms with E-state index in [1.807, 2.05) is 6.92 Å². The summed E-state index contributed by atoms with van der Waals surface area (Å²) in [6.45, 7) is 1.86. The molecule has 0 aliphatic heterocycles. The van der Waals surface area contributed by atoms with Crippen molar-refractivity contribution in [2.24, 2.45) is 0 Å². The first-order chi connectivity index (χ1) is 10.1. The van der Waals surface area contributed by atoms with Crippen molar-refractivity contribution in [3.63, 3.8) is 0 Å². The molecule has 1 N–H and O–H groups in total. The van der Waals surface area contributed by atoms with E-state index in [4.69, 9.17) is 5.11 Å². The lowest BCUT2D eigenvalue weighted by atomic mass is 9.98. The van der Waals surface area contributed by atoms with Crippen molar-refractivity contribution in [2.75, 3.05) is 0 Å². The molecule has 0 bridgehead atoms. The van der Waals surface area contributed by atoms with E-state index in [0.717, 1.165) is 38.5 Å². The zero-order valence-electron chi connectivity index (χ0n) is 11.6. The van der Waals surface area contributed by atoms with Gasteiger partial charge < -0.3 is 5.11 Å². The minimum absolute atomic E-state index is 0.0337. The molecule has 1 aliphatic carbocycles. The van der Waals surface area contributed by atoms with Gasteiger partial charge in [0.2, 0.25) is 0 Å². The van der Waals surface area contributed by atoms with Crippen LogP contribution in [0.2, 0.25) is 0 Å². The molecule has 1 aliphatic rings. The molecule has 2 aromatic rings. The second-order valence-corrected chi connectivity index (χ2v) is 7.29. The third kappa shape index (κ3) is 3.24. The van der Waals surface area contributed by atoms with Gasteiger partial charge in [0.05, 0.1) is 12.1 Å². The Labute approximate surface area is 130 Å². The Kier molecular flexibility index (Phi) is 4.21. The summed E-state index contributed by atoms with van der Waals surface area (Å²) < 4.78 is 0.857. The van der Waals surface area contributed by atoms with E-state index in [2.05, 4.69) is 15.0 Å². The summed E-state index contributed by atoms with van der Waals surface area (Å²) in [5.74, 6) is -0.822. The maximum atomic E-state index is 10.8. The third-order valence-electron chi connectivity index (χ3n) is 3.45. The zero-order chi connectivity index (χ0) is 14.8. The second kappa shape index (κ2) is 6.11. The number of carboxylic acids is 1. The fourth-order valence-electron chi connectivity index (χ4n) is 2.41. The second-order valence-electron chi connectivity index (χ2n) is 4.97. The van der Waals surface area contributed by atoms with Crippen molar-refractivity contribution < 1.29 is 9.90 Å². The molecular weight excluding hydrogens is 306 g/mol. The fourth-order valence-corrected chi connectivity index (χ4v) is 4.69. The highest BCUT2D eigenvalue weighted by molar-refractivity contribution is 8.01. The highest BCUT2D eigenvalue weighted by Crippen LogP contribution is 2.36. The largest absolute Gasteiger partial charge is 0.481 e. The van der Waals surface area contributed by atoms with E-state index in [-0.39, 0.29) is 6.42 Å². The van der Waals surface area contributed by atoms with E-state index >= 15 is 0 Å². The number of thiazole rings is 1. The molecule has 0 amide bonds. The van der Waals surface area contributed by atoms with Gasteiger partial charge in [-0.25, -0.2) is 15.0 Å². The van der Waals surface area contributed by atoms with Gasteiger partial charge in [0, 0.05) is 16.1 Å². The van der Waals surface area contributed by atoms with Crippen LogP contribution in [0.4, 0.5) is 0 Å². The molecule has 0 atom stereocenters. The number of rotatable bonds is 4. The number of aryl methyl sites for hydroxylation is 2. The maximum absolute atomic E-state index is 10.8. The topological polar surface area (TPSA) is 76.0 Å². The summed E-state index contributed by atoms with van der Waals surface area (Å²) in [4.78, 5) is 24.9. The first kappa shape index (κ1) is 14.5. The minimum atomic E-state index is -0.822. The van der Waals surface area contributed by atoms with Crippen molar-refractivity contribution in [3.05, 3.63) is 28.2 Å². The lowest BCUT2D eigenvalue weighted by Crippen LogP contribution is -2.07. The number of carbonyl (C=O) groups is 1. The van der Waals surface area contributed by atoms with Gasteiger partial charge in [-0.15, -0.1) is 11.3 Å². The van der Waals surface area contributed by atoms with Gasteiger partial charge in [-0.1, -0.05) is 0 Å². The van der Waals surface area contributed by atoms with E-state index in [0.29, 0.717) is 0 Å². The number of carboxylic acid groups (broad SMARTS) is 1. The monoisotopic (exact) mass is 321 g/mol. The number of aromatic nitrogens is 3. The molecule has 21 heavy (non-hydrogen) atoms. The minimum Gasteiger partial charge on any atom is -0.481 e. The summed E-state index contributed by atoms with van der Waals surface area (Å²) in [6.07, 6.45) is 6.05. The van der Waals surface area contributed by atoms with Crippen molar-refractivity contribution >= 4 is 29.1 Å². The molecule has 0 saturated heterocycles. The van der Waals surface area contributed by atoms with Crippen LogP contribution in [0.5, 0.6) is 0 Å². The van der Waals surface area contributed by atoms with Gasteiger partial charge in [-0.3, -0.25) is 4.79 Å². The van der Waals surface area contributed by atoms with Crippen molar-refractivity contribution in [1.29, 1.82) is 0 Å². The van der Waals surface area contributed by atoms with Crippen LogP contribution in [0.3, 0.4) is 0 Å². The highest BCUT2D eigenvalue weighted by atomic mass is 32.2. The Morgan fingerprint density at radius 2 is 2.19 bits per heavy atom. The fraction of sp³-hybridized carbons (Fsp3) is 0.429. The first-order valence-electron chi connectivity index (χ1n) is 6.82. The van der Waals surface area contributed by atoms with Crippen LogP contribution in [-0.2, 0) is 24.1 Å². The van der Waals surface area contributed by atoms with E-state index < -0.39 is 5.97 Å². The van der Waals surface area contributed by atoms with Gasteiger partial charge in [0.15, 0.2) is 4.34 Å². The number of hydrogen-bond acceptors (Lipinski definition) is 6. The zero-order valence-corrected chi connectivity index (χ0v) is 13.3. The van der Waals surface area contributed by atoms with Crippen LogP contribution in [0, 0.1) is 6.92 Å². The smallest absolute Gasteiger partial charge is 0.308 e. The molecular formula is C14H15N3O2S2. The summed E-state index contributed by atoms with van der Waals surface area (Å²) >= 11 is 2.97. The predicted molar refractivity (Wildman–Crippen MR) is 81.0 cm³/mol. The molecule has 0 fully saturated rings. The summed E-state index contributed by atoms with van der Waals surface area (Å²) in [6, 6.07) is 0. The molecule has 2 heterocycles. The van der Waals surface area contributed by atoms with Crippen LogP contribution < -0.4 is 0 Å². The predicted octanol–water partition coefficient (Wildman–Crippen LogP) is 2.90. The van der Waals surface area contributed by atoms with E-state index in [9.17, 15) is 4.79 Å². The van der Waals surface area contributed by atoms with Gasteiger partial charge in [0.1, 0.15) is 11.4 Å². The summed E-state index contributed by atoms with van der Waals surface area (Å²) in [5.41, 5.74) is 3.19. The Balaban J connectivity index is 1.85. The number of nitrogens with zero attached hydrogens (tertiary/aromatic N) is 3. The van der Waals surface area contributed by atoms with Crippen molar-refractivity contribution in [1.82, 2.24) is 15.0 Å². The van der Waals surface area contributed by atoms with E-state index in [1.54, 1.807) is 6.33 Å². The Morgan fingerprint density at radius 1 is 1.38 bits per heavy atom. The number of hydrogen-bond donors (Lipinski definition) is 1. The molecule has 3 rings (SSSR count). The normalized spacial score (nSPS) is 14.0. The van der Waals surface area contributed by atoms with E-state index in [1.165, 1.54) is 41.5 Å². The van der Waals surface area contributed by atoms with Gasteiger partial charge in [0.25, 0.3) is 0 Å². The van der Waals surface area contributed by atoms with Crippen LogP contribution in [0.25, 0.3) is 0 Å². The van der Waals surface area contributed by atoms with Crippen molar-refractivity contribution in [3.8, 4) is 0 Å². The molecule has 0 spiro atoms. The Morgan fingerprint density at radius 3 is 3.00 bits per heavy atom. The van der Waals surface area contributed by atoms with Gasteiger partial charge >= 0.3 is 5.97 Å². The van der Waals surface area contributed by atoms with Crippen LogP contribution >= 0.6 is 23.1 Å². The molecule has 110 valence electrons. The Bertz CT molecular complexity index is 685. The summed E-state index contributed by atoms with van der Waals surface area (Å²) in [5, 5.41) is 9.87. The molecule has 0 saturated carbocycles. The van der Waals surface area contributed by atoms with Crippen LogP contribution in [0.15, 0.2) is 15.7 Å². The van der Waals surface area contributed by atoms with Crippen LogP contribution in [-0.4, -0.2) is 26.0 Å². The molecule has 0 aromatic carbocycles. The first-order valence-corrected chi connectivity index (χ1v) is 8.45. The average Bonchev–Trinajstić information content (AvgIpc) is 2.78. The quantitative estimate of drug-likeness (QED) is 0.873. The number of aliphatic carboxylic acids is 1. The molecule has 5 nitrogen and oxygen atoms in total. The molecule has 0 unspecified atom stereocenters. The maximum Gasteiger partial charge on any atom is 0.308 e. The lowest BCUT2D eigenvalue weighted by Gasteiger charge is -2.16. The van der Waals surface area contributed by atoms with Crippen molar-refractivity contribution in [2.45, 2.75) is 48.4 Å². The van der Waals surface area contributed by atoms with Crippen LogP contribution in [0.1, 0.15) is 34.7 Å². The number of fused-ring (bicyclic) bond motifs is 1. The average molecular weight is 321 g/mol. The summed E-state index contributed by atoms with van der Waals surface area (Å²) in [7, 11) is 0. The lowest BCUT2D eigenvalue weighted by molar-refractivity contribution is -0.136. The SMILES string of the molecule is Cc1nc(Sc2ncnc3c2CCCC3)sc1CC(=O)O. The third-order valence-corrected chi connectivity index (χ3v) is 5.72. The molecule has 2 aromatic heterocycles. The Hall–Kier alpha value is -1.47. The molecule has 0 radical (unpaired) electrons. The van der Waals surface area contributed by atoms with Gasteiger partial charge in [-0.05, 0) is 44.4 Å². The highest BCUT2D eigenvalue weighted by Gasteiger charge is 2.18. The molecule has 7 heteroatoms. The standard InChI is InChI=1S/C14H15N3O2S2/c1-8-11(6-12(18)19)20-14(17-8)21-13-9-4-2-3-5-10(9)15-7-16-13/h7H,2-6H2,1H3,(H,18,19). The van der Waals surface area contributed by atoms with Gasteiger partial charge in [-0.2, -0.15) is 0 Å².